The first kappa shape index (κ1) is 20.7. The van der Waals surface area contributed by atoms with Gasteiger partial charge in [-0.05, 0) is 48.4 Å². The van der Waals surface area contributed by atoms with Crippen LogP contribution >= 0.6 is 11.6 Å². The SMILES string of the molecule is CCCCN1C(=O)C2ON(c3ccc(Cl)cc3)C(c3ccc(N(C)C)cc3)C2C1=O. The highest BCUT2D eigenvalue weighted by molar-refractivity contribution is 6.30. The van der Waals surface area contributed by atoms with Crippen LogP contribution in [0.25, 0.3) is 0 Å². The van der Waals surface area contributed by atoms with Gasteiger partial charge < -0.3 is 4.90 Å². The van der Waals surface area contributed by atoms with Crippen molar-refractivity contribution in [1.82, 2.24) is 4.90 Å². The lowest BCUT2D eigenvalue weighted by atomic mass is 9.90. The summed E-state index contributed by atoms with van der Waals surface area (Å²) in [5, 5.41) is 2.31. The quantitative estimate of drug-likeness (QED) is 0.651. The normalized spacial score (nSPS) is 23.3. The van der Waals surface area contributed by atoms with Crippen LogP contribution in [0, 0.1) is 5.92 Å². The van der Waals surface area contributed by atoms with Crippen molar-refractivity contribution in [1.29, 1.82) is 0 Å². The van der Waals surface area contributed by atoms with E-state index in [1.54, 1.807) is 17.2 Å². The van der Waals surface area contributed by atoms with Gasteiger partial charge in [0.2, 0.25) is 5.91 Å². The minimum Gasteiger partial charge on any atom is -0.378 e. The zero-order chi connectivity index (χ0) is 21.4. The Labute approximate surface area is 181 Å². The van der Waals surface area contributed by atoms with Crippen molar-refractivity contribution in [2.45, 2.75) is 31.9 Å². The lowest BCUT2D eigenvalue weighted by Gasteiger charge is -2.29. The predicted octanol–water partition coefficient (Wildman–Crippen LogP) is 4.05. The Hall–Kier alpha value is -2.57. The number of hydrogen-bond acceptors (Lipinski definition) is 5. The fourth-order valence-corrected chi connectivity index (χ4v) is 4.25. The van der Waals surface area contributed by atoms with Gasteiger partial charge in [0.05, 0.1) is 11.7 Å². The number of amides is 2. The summed E-state index contributed by atoms with van der Waals surface area (Å²) in [5.74, 6) is -0.975. The number of likely N-dealkylation sites (tertiary alicyclic amines) is 1. The van der Waals surface area contributed by atoms with E-state index in [-0.39, 0.29) is 11.8 Å². The monoisotopic (exact) mass is 427 g/mol. The Morgan fingerprint density at radius 3 is 2.27 bits per heavy atom. The lowest BCUT2D eigenvalue weighted by molar-refractivity contribution is -0.143. The van der Waals surface area contributed by atoms with Crippen molar-refractivity contribution in [3.8, 4) is 0 Å². The molecular weight excluding hydrogens is 402 g/mol. The molecule has 2 aliphatic heterocycles. The molecule has 2 saturated heterocycles. The molecule has 0 bridgehead atoms. The highest BCUT2D eigenvalue weighted by Crippen LogP contribution is 2.47. The van der Waals surface area contributed by atoms with E-state index in [2.05, 4.69) is 0 Å². The molecule has 0 N–H and O–H groups in total. The number of rotatable bonds is 6. The van der Waals surface area contributed by atoms with Crippen molar-refractivity contribution in [2.75, 3.05) is 30.6 Å². The molecule has 0 aromatic heterocycles. The van der Waals surface area contributed by atoms with Crippen molar-refractivity contribution in [2.24, 2.45) is 5.92 Å². The first-order valence-corrected chi connectivity index (χ1v) is 10.6. The van der Waals surface area contributed by atoms with Gasteiger partial charge in [0.25, 0.3) is 5.91 Å². The van der Waals surface area contributed by atoms with E-state index >= 15 is 0 Å². The molecular formula is C23H26ClN3O3. The number of carbonyl (C=O) groups excluding carboxylic acids is 2. The number of anilines is 2. The molecule has 2 aliphatic rings. The molecule has 7 heteroatoms. The van der Waals surface area contributed by atoms with E-state index in [1.807, 2.05) is 62.3 Å². The van der Waals surface area contributed by atoms with Crippen molar-refractivity contribution >= 4 is 34.8 Å². The number of halogens is 1. The third kappa shape index (κ3) is 3.55. The Bertz CT molecular complexity index is 930. The maximum Gasteiger partial charge on any atom is 0.261 e. The zero-order valence-electron chi connectivity index (χ0n) is 17.4. The molecule has 0 saturated carbocycles. The Morgan fingerprint density at radius 2 is 1.67 bits per heavy atom. The van der Waals surface area contributed by atoms with Gasteiger partial charge in [0, 0.05) is 31.4 Å². The van der Waals surface area contributed by atoms with Gasteiger partial charge in [0.1, 0.15) is 5.92 Å². The zero-order valence-corrected chi connectivity index (χ0v) is 18.2. The van der Waals surface area contributed by atoms with Gasteiger partial charge in [-0.1, -0.05) is 37.1 Å². The van der Waals surface area contributed by atoms with Crippen LogP contribution in [-0.2, 0) is 14.4 Å². The van der Waals surface area contributed by atoms with E-state index in [0.29, 0.717) is 11.6 Å². The molecule has 6 nitrogen and oxygen atoms in total. The maximum absolute atomic E-state index is 13.3. The summed E-state index contributed by atoms with van der Waals surface area (Å²) in [4.78, 5) is 35.8. The van der Waals surface area contributed by atoms with Gasteiger partial charge in [-0.25, -0.2) is 5.06 Å². The average molecular weight is 428 g/mol. The molecule has 4 rings (SSSR count). The van der Waals surface area contributed by atoms with Crippen LogP contribution in [0.15, 0.2) is 48.5 Å². The number of hydrogen-bond donors (Lipinski definition) is 0. The third-order valence-corrected chi connectivity index (χ3v) is 6.03. The van der Waals surface area contributed by atoms with Gasteiger partial charge in [-0.3, -0.25) is 19.3 Å². The van der Waals surface area contributed by atoms with E-state index in [1.165, 1.54) is 4.90 Å². The number of benzene rings is 2. The van der Waals surface area contributed by atoms with Crippen molar-refractivity contribution in [3.63, 3.8) is 0 Å². The van der Waals surface area contributed by atoms with Gasteiger partial charge in [0.15, 0.2) is 6.10 Å². The summed E-state index contributed by atoms with van der Waals surface area (Å²) < 4.78 is 0. The van der Waals surface area contributed by atoms with E-state index in [0.717, 1.165) is 29.8 Å². The molecule has 0 aliphatic carbocycles. The molecule has 3 atom stereocenters. The molecule has 2 amide bonds. The highest BCUT2D eigenvalue weighted by atomic mass is 35.5. The largest absolute Gasteiger partial charge is 0.378 e. The topological polar surface area (TPSA) is 53.1 Å². The molecule has 2 aromatic rings. The number of carbonyl (C=O) groups is 2. The fourth-order valence-electron chi connectivity index (χ4n) is 4.13. The van der Waals surface area contributed by atoms with Gasteiger partial charge >= 0.3 is 0 Å². The number of nitrogens with zero attached hydrogens (tertiary/aromatic N) is 3. The van der Waals surface area contributed by atoms with E-state index < -0.39 is 18.1 Å². The Morgan fingerprint density at radius 1 is 1.00 bits per heavy atom. The smallest absolute Gasteiger partial charge is 0.261 e. The maximum atomic E-state index is 13.3. The first-order valence-electron chi connectivity index (χ1n) is 10.3. The summed E-state index contributed by atoms with van der Waals surface area (Å²) in [7, 11) is 3.96. The molecule has 2 heterocycles. The Balaban J connectivity index is 1.73. The van der Waals surface area contributed by atoms with Crippen LogP contribution in [-0.4, -0.2) is 43.5 Å². The standard InChI is InChI=1S/C23H26ClN3O3/c1-4-5-14-26-22(28)19-20(15-6-10-17(11-7-15)25(2)3)27(30-21(19)23(26)29)18-12-8-16(24)9-13-18/h6-13,19-21H,4-5,14H2,1-3H3. The number of fused-ring (bicyclic) bond motifs is 1. The van der Waals surface area contributed by atoms with Crippen LogP contribution in [0.4, 0.5) is 11.4 Å². The second kappa shape index (κ2) is 8.28. The highest BCUT2D eigenvalue weighted by Gasteiger charge is 2.59. The number of imide groups is 1. The predicted molar refractivity (Wildman–Crippen MR) is 117 cm³/mol. The minimum absolute atomic E-state index is 0.156. The van der Waals surface area contributed by atoms with Crippen molar-refractivity contribution < 1.29 is 14.4 Å². The van der Waals surface area contributed by atoms with Crippen LogP contribution < -0.4 is 9.96 Å². The molecule has 0 radical (unpaired) electrons. The summed E-state index contributed by atoms with van der Waals surface area (Å²) in [6.07, 6.45) is 0.906. The second-order valence-corrected chi connectivity index (χ2v) is 8.40. The second-order valence-electron chi connectivity index (χ2n) is 7.97. The summed E-state index contributed by atoms with van der Waals surface area (Å²) in [5.41, 5.74) is 2.75. The van der Waals surface area contributed by atoms with Crippen LogP contribution in [0.5, 0.6) is 0 Å². The average Bonchev–Trinajstić information content (AvgIpc) is 3.24. The molecule has 0 spiro atoms. The van der Waals surface area contributed by atoms with E-state index in [4.69, 9.17) is 16.4 Å². The fraction of sp³-hybridized carbons (Fsp3) is 0.391. The van der Waals surface area contributed by atoms with Crippen LogP contribution in [0.3, 0.4) is 0 Å². The molecule has 2 aromatic carbocycles. The van der Waals surface area contributed by atoms with Gasteiger partial charge in [-0.15, -0.1) is 0 Å². The van der Waals surface area contributed by atoms with Crippen molar-refractivity contribution in [3.05, 3.63) is 59.1 Å². The number of unbranched alkanes of at least 4 members (excludes halogenated alkanes) is 1. The van der Waals surface area contributed by atoms with Crippen LogP contribution in [0.2, 0.25) is 5.02 Å². The van der Waals surface area contributed by atoms with E-state index in [9.17, 15) is 9.59 Å². The molecule has 3 unspecified atom stereocenters. The first-order chi connectivity index (χ1) is 14.4. The summed E-state index contributed by atoms with van der Waals surface area (Å²) >= 11 is 6.05. The van der Waals surface area contributed by atoms with Gasteiger partial charge in [-0.2, -0.15) is 0 Å². The number of hydroxylamine groups is 1. The molecule has 30 heavy (non-hydrogen) atoms. The minimum atomic E-state index is -0.802. The molecule has 158 valence electrons. The third-order valence-electron chi connectivity index (χ3n) is 5.77. The summed E-state index contributed by atoms with van der Waals surface area (Å²) in [6.45, 7) is 2.48. The molecule has 2 fully saturated rings. The Kier molecular flexibility index (Phi) is 5.71. The lowest BCUT2D eigenvalue weighted by Crippen LogP contribution is -2.37. The van der Waals surface area contributed by atoms with Crippen LogP contribution in [0.1, 0.15) is 31.4 Å². The summed E-state index contributed by atoms with van der Waals surface area (Å²) in [6, 6.07) is 14.9.